The highest BCUT2D eigenvalue weighted by molar-refractivity contribution is 5.95. The molecule has 1 N–H and O–H groups in total. The Balaban J connectivity index is 2.15. The molecule has 3 nitrogen and oxygen atoms in total. The topological polar surface area (TPSA) is 38.3 Å². The van der Waals surface area contributed by atoms with E-state index in [0.717, 1.165) is 34.5 Å². The highest BCUT2D eigenvalue weighted by atomic mass is 16.5. The lowest BCUT2D eigenvalue weighted by atomic mass is 9.98. The molecule has 0 aromatic heterocycles. The molecule has 2 aromatic carbocycles. The van der Waals surface area contributed by atoms with Crippen molar-refractivity contribution in [2.45, 2.75) is 53.1 Å². The molecule has 2 aromatic rings. The summed E-state index contributed by atoms with van der Waals surface area (Å²) in [6, 6.07) is 14.0. The van der Waals surface area contributed by atoms with Crippen LogP contribution in [-0.4, -0.2) is 12.0 Å². The summed E-state index contributed by atoms with van der Waals surface area (Å²) in [5.74, 6) is 0.992. The van der Waals surface area contributed by atoms with Crippen molar-refractivity contribution in [3.8, 4) is 5.75 Å². The predicted molar refractivity (Wildman–Crippen MR) is 99.8 cm³/mol. The van der Waals surface area contributed by atoms with Gasteiger partial charge in [0.1, 0.15) is 5.75 Å². The predicted octanol–water partition coefficient (Wildman–Crippen LogP) is 5.09. The Morgan fingerprint density at radius 2 is 1.79 bits per heavy atom. The monoisotopic (exact) mass is 325 g/mol. The third-order valence-electron chi connectivity index (χ3n) is 4.20. The first-order chi connectivity index (χ1) is 11.4. The maximum Gasteiger partial charge on any atom is 0.265 e. The smallest absolute Gasteiger partial charge is 0.265 e. The second-order valence-corrected chi connectivity index (χ2v) is 6.40. The van der Waals surface area contributed by atoms with E-state index in [0.29, 0.717) is 5.92 Å². The molecule has 1 amide bonds. The average Bonchev–Trinajstić information content (AvgIpc) is 2.56. The van der Waals surface area contributed by atoms with E-state index in [-0.39, 0.29) is 5.91 Å². The average molecular weight is 325 g/mol. The van der Waals surface area contributed by atoms with Crippen molar-refractivity contribution in [3.63, 3.8) is 0 Å². The second-order valence-electron chi connectivity index (χ2n) is 6.40. The van der Waals surface area contributed by atoms with Crippen molar-refractivity contribution in [1.82, 2.24) is 0 Å². The summed E-state index contributed by atoms with van der Waals surface area (Å²) in [6.07, 6.45) is 0.317. The zero-order valence-corrected chi connectivity index (χ0v) is 15.2. The van der Waals surface area contributed by atoms with Gasteiger partial charge in [-0.3, -0.25) is 4.79 Å². The third kappa shape index (κ3) is 4.16. The number of carbonyl (C=O) groups is 1. The molecule has 0 saturated carbocycles. The number of nitrogens with one attached hydrogen (secondary N) is 1. The van der Waals surface area contributed by atoms with E-state index in [1.807, 2.05) is 43.3 Å². The number of para-hydroxylation sites is 2. The molecule has 1 atom stereocenters. The van der Waals surface area contributed by atoms with Gasteiger partial charge in [-0.05, 0) is 48.9 Å². The van der Waals surface area contributed by atoms with Crippen molar-refractivity contribution in [2.75, 3.05) is 5.32 Å². The number of carbonyl (C=O) groups excluding carboxylic acids is 1. The van der Waals surface area contributed by atoms with E-state index in [9.17, 15) is 4.79 Å². The molecule has 0 bridgehead atoms. The van der Waals surface area contributed by atoms with Crippen LogP contribution in [0.1, 0.15) is 50.3 Å². The van der Waals surface area contributed by atoms with Crippen molar-refractivity contribution in [2.24, 2.45) is 0 Å². The van der Waals surface area contributed by atoms with Gasteiger partial charge in [0.25, 0.3) is 5.91 Å². The first-order valence-electron chi connectivity index (χ1n) is 8.59. The van der Waals surface area contributed by atoms with Crippen molar-refractivity contribution >= 4 is 11.6 Å². The third-order valence-corrected chi connectivity index (χ3v) is 4.20. The fraction of sp³-hybridized carbons (Fsp3) is 0.381. The summed E-state index contributed by atoms with van der Waals surface area (Å²) in [6.45, 7) is 10.1. The first kappa shape index (κ1) is 18.1. The molecule has 3 heteroatoms. The Hall–Kier alpha value is -2.29. The number of rotatable bonds is 6. The van der Waals surface area contributed by atoms with Crippen LogP contribution in [0.4, 0.5) is 5.69 Å². The van der Waals surface area contributed by atoms with E-state index in [1.165, 1.54) is 0 Å². The van der Waals surface area contributed by atoms with Gasteiger partial charge in [0, 0.05) is 5.69 Å². The highest BCUT2D eigenvalue weighted by Gasteiger charge is 2.19. The Labute approximate surface area is 145 Å². The summed E-state index contributed by atoms with van der Waals surface area (Å²) in [5.41, 5.74) is 4.22. The van der Waals surface area contributed by atoms with Crippen LogP contribution in [0, 0.1) is 6.92 Å². The van der Waals surface area contributed by atoms with Crippen molar-refractivity contribution in [1.29, 1.82) is 0 Å². The fourth-order valence-corrected chi connectivity index (χ4v) is 2.72. The van der Waals surface area contributed by atoms with E-state index in [2.05, 4.69) is 32.2 Å². The van der Waals surface area contributed by atoms with Crippen molar-refractivity contribution < 1.29 is 9.53 Å². The molecule has 0 fully saturated rings. The minimum atomic E-state index is -0.558. The molecular formula is C21H27NO2. The second kappa shape index (κ2) is 8.00. The lowest BCUT2D eigenvalue weighted by molar-refractivity contribution is -0.122. The van der Waals surface area contributed by atoms with Gasteiger partial charge in [-0.15, -0.1) is 0 Å². The van der Waals surface area contributed by atoms with Crippen LogP contribution in [-0.2, 0) is 11.2 Å². The minimum Gasteiger partial charge on any atom is -0.481 e. The van der Waals surface area contributed by atoms with Crippen LogP contribution in [0.25, 0.3) is 0 Å². The van der Waals surface area contributed by atoms with Gasteiger partial charge in [-0.2, -0.15) is 0 Å². The van der Waals surface area contributed by atoms with Crippen LogP contribution >= 0.6 is 0 Å². The summed E-state index contributed by atoms with van der Waals surface area (Å²) in [4.78, 5) is 12.6. The van der Waals surface area contributed by atoms with Gasteiger partial charge >= 0.3 is 0 Å². The van der Waals surface area contributed by atoms with E-state index >= 15 is 0 Å². The Morgan fingerprint density at radius 1 is 1.08 bits per heavy atom. The molecule has 0 aliphatic rings. The quantitative estimate of drug-likeness (QED) is 0.803. The molecule has 0 aliphatic heterocycles. The molecule has 0 spiro atoms. The van der Waals surface area contributed by atoms with Gasteiger partial charge in [-0.25, -0.2) is 0 Å². The first-order valence-corrected chi connectivity index (χ1v) is 8.59. The largest absolute Gasteiger partial charge is 0.481 e. The van der Waals surface area contributed by atoms with Gasteiger partial charge in [0.05, 0.1) is 0 Å². The molecule has 0 heterocycles. The van der Waals surface area contributed by atoms with Gasteiger partial charge in [0.2, 0.25) is 0 Å². The number of hydrogen-bond donors (Lipinski definition) is 1. The molecule has 0 saturated heterocycles. The fourth-order valence-electron chi connectivity index (χ4n) is 2.72. The van der Waals surface area contributed by atoms with Crippen molar-refractivity contribution in [3.05, 3.63) is 59.2 Å². The summed E-state index contributed by atoms with van der Waals surface area (Å²) < 4.78 is 5.90. The molecule has 2 rings (SSSR count). The van der Waals surface area contributed by atoms with Crippen LogP contribution in [0.5, 0.6) is 5.75 Å². The lowest BCUT2D eigenvalue weighted by Crippen LogP contribution is -2.31. The highest BCUT2D eigenvalue weighted by Crippen LogP contribution is 2.28. The molecule has 24 heavy (non-hydrogen) atoms. The molecule has 128 valence electrons. The van der Waals surface area contributed by atoms with Gasteiger partial charge in [0.15, 0.2) is 6.10 Å². The number of amides is 1. The Morgan fingerprint density at radius 3 is 2.46 bits per heavy atom. The zero-order chi connectivity index (χ0) is 17.7. The van der Waals surface area contributed by atoms with Crippen LogP contribution in [0.15, 0.2) is 42.5 Å². The van der Waals surface area contributed by atoms with Crippen LogP contribution < -0.4 is 10.1 Å². The number of aryl methyl sites for hydroxylation is 2. The maximum atomic E-state index is 12.6. The number of ether oxygens (including phenoxy) is 1. The number of anilines is 1. The van der Waals surface area contributed by atoms with Crippen LogP contribution in [0.2, 0.25) is 0 Å². The molecule has 0 radical (unpaired) electrons. The van der Waals surface area contributed by atoms with E-state index < -0.39 is 6.10 Å². The minimum absolute atomic E-state index is 0.128. The summed E-state index contributed by atoms with van der Waals surface area (Å²) in [5, 5.41) is 3.05. The Bertz CT molecular complexity index is 707. The van der Waals surface area contributed by atoms with Crippen LogP contribution in [0.3, 0.4) is 0 Å². The molecule has 0 aliphatic carbocycles. The lowest BCUT2D eigenvalue weighted by Gasteiger charge is -2.20. The normalized spacial score (nSPS) is 12.1. The standard InChI is InChI=1S/C21H27NO2/c1-6-17-11-7-8-13-19(17)24-16(5)21(23)22-20-15(4)10-9-12-18(20)14(2)3/h7-14,16H,6H2,1-5H3,(H,22,23)/t16-/m1/s1. The Kier molecular flexibility index (Phi) is 6.02. The maximum absolute atomic E-state index is 12.6. The van der Waals surface area contributed by atoms with E-state index in [1.54, 1.807) is 6.92 Å². The SMILES string of the molecule is CCc1ccccc1O[C@H](C)C(=O)Nc1c(C)cccc1C(C)C. The molecular weight excluding hydrogens is 298 g/mol. The van der Waals surface area contributed by atoms with Gasteiger partial charge in [-0.1, -0.05) is 57.2 Å². The van der Waals surface area contributed by atoms with Gasteiger partial charge < -0.3 is 10.1 Å². The zero-order valence-electron chi connectivity index (χ0n) is 15.2. The number of hydrogen-bond acceptors (Lipinski definition) is 2. The molecule has 0 unspecified atom stereocenters. The summed E-state index contributed by atoms with van der Waals surface area (Å²) in [7, 11) is 0. The van der Waals surface area contributed by atoms with E-state index in [4.69, 9.17) is 4.74 Å². The number of benzene rings is 2. The summed E-state index contributed by atoms with van der Waals surface area (Å²) >= 11 is 0.